The van der Waals surface area contributed by atoms with Gasteiger partial charge in [-0.3, -0.25) is 4.79 Å². The number of hydrogen-bond acceptors (Lipinski definition) is 3. The lowest BCUT2D eigenvalue weighted by Gasteiger charge is -2.27. The molecule has 0 aliphatic carbocycles. The minimum Gasteiger partial charge on any atom is -0.482 e. The van der Waals surface area contributed by atoms with E-state index in [2.05, 4.69) is 31.3 Å². The van der Waals surface area contributed by atoms with Crippen molar-refractivity contribution in [2.45, 2.75) is 32.7 Å². The molecule has 1 aliphatic rings. The van der Waals surface area contributed by atoms with E-state index >= 15 is 0 Å². The molecule has 1 unspecified atom stereocenters. The van der Waals surface area contributed by atoms with Crippen LogP contribution in [0.2, 0.25) is 0 Å². The van der Waals surface area contributed by atoms with Crippen LogP contribution >= 0.6 is 0 Å². The summed E-state index contributed by atoms with van der Waals surface area (Å²) >= 11 is 0. The molecule has 0 spiro atoms. The number of nitrogens with one attached hydrogen (secondary N) is 1. The Bertz CT molecular complexity index is 459. The molecule has 0 radical (unpaired) electrons. The van der Waals surface area contributed by atoms with Crippen molar-refractivity contribution in [2.24, 2.45) is 0 Å². The lowest BCUT2D eigenvalue weighted by atomic mass is 10.0. The fraction of sp³-hybridized carbons (Fsp3) is 0.533. The summed E-state index contributed by atoms with van der Waals surface area (Å²) < 4.78 is 5.43. The summed E-state index contributed by atoms with van der Waals surface area (Å²) in [6, 6.07) is 6.59. The molecule has 0 saturated heterocycles. The van der Waals surface area contributed by atoms with Gasteiger partial charge in [-0.05, 0) is 37.1 Å². The SMILES string of the molecule is CCNC(CC)Cc1ccc2c(c1)N(C)C(=O)CO2. The molecule has 19 heavy (non-hydrogen) atoms. The van der Waals surface area contributed by atoms with Crippen LogP contribution in [0.5, 0.6) is 5.75 Å². The summed E-state index contributed by atoms with van der Waals surface area (Å²) in [7, 11) is 1.80. The first-order chi connectivity index (χ1) is 9.15. The Hall–Kier alpha value is -1.55. The fourth-order valence-electron chi connectivity index (χ4n) is 2.38. The number of likely N-dealkylation sites (N-methyl/N-ethyl adjacent to an activating group) is 2. The Balaban J connectivity index is 2.18. The number of carbonyl (C=O) groups excluding carboxylic acids is 1. The van der Waals surface area contributed by atoms with Crippen molar-refractivity contribution in [1.29, 1.82) is 0 Å². The number of carbonyl (C=O) groups is 1. The molecular formula is C15H22N2O2. The van der Waals surface area contributed by atoms with Crippen LogP contribution in [0, 0.1) is 0 Å². The summed E-state index contributed by atoms with van der Waals surface area (Å²) in [4.78, 5) is 13.3. The van der Waals surface area contributed by atoms with Crippen molar-refractivity contribution in [2.75, 3.05) is 25.1 Å². The Kier molecular flexibility index (Phi) is 4.43. The van der Waals surface area contributed by atoms with E-state index in [0.717, 1.165) is 30.8 Å². The van der Waals surface area contributed by atoms with Gasteiger partial charge in [0.2, 0.25) is 0 Å². The molecule has 1 aromatic carbocycles. The molecule has 0 saturated carbocycles. The summed E-state index contributed by atoms with van der Waals surface area (Å²) in [5.74, 6) is 0.797. The van der Waals surface area contributed by atoms with Gasteiger partial charge in [-0.1, -0.05) is 19.9 Å². The number of amides is 1. The predicted octanol–water partition coefficient (Wildman–Crippen LogP) is 1.97. The van der Waals surface area contributed by atoms with E-state index in [1.165, 1.54) is 5.56 Å². The third-order valence-corrected chi connectivity index (χ3v) is 3.58. The molecule has 0 aromatic heterocycles. The topological polar surface area (TPSA) is 41.6 Å². The molecular weight excluding hydrogens is 240 g/mol. The molecule has 1 N–H and O–H groups in total. The van der Waals surface area contributed by atoms with Gasteiger partial charge in [0.1, 0.15) is 5.75 Å². The molecule has 4 nitrogen and oxygen atoms in total. The van der Waals surface area contributed by atoms with Crippen molar-refractivity contribution in [3.05, 3.63) is 23.8 Å². The molecule has 1 amide bonds. The van der Waals surface area contributed by atoms with Gasteiger partial charge in [0.15, 0.2) is 6.61 Å². The van der Waals surface area contributed by atoms with Crippen LogP contribution in [-0.2, 0) is 11.2 Å². The van der Waals surface area contributed by atoms with E-state index in [4.69, 9.17) is 4.74 Å². The molecule has 1 aromatic rings. The third kappa shape index (κ3) is 3.07. The zero-order valence-corrected chi connectivity index (χ0v) is 11.9. The number of fused-ring (bicyclic) bond motifs is 1. The summed E-state index contributed by atoms with van der Waals surface area (Å²) in [5, 5.41) is 3.47. The van der Waals surface area contributed by atoms with E-state index in [9.17, 15) is 4.79 Å². The largest absolute Gasteiger partial charge is 0.482 e. The van der Waals surface area contributed by atoms with Crippen molar-refractivity contribution in [1.82, 2.24) is 5.32 Å². The molecule has 1 aliphatic heterocycles. The van der Waals surface area contributed by atoms with E-state index in [0.29, 0.717) is 6.04 Å². The number of anilines is 1. The molecule has 1 heterocycles. The van der Waals surface area contributed by atoms with Gasteiger partial charge in [-0.25, -0.2) is 0 Å². The lowest BCUT2D eigenvalue weighted by Crippen LogP contribution is -2.35. The minimum atomic E-state index is 0.00312. The van der Waals surface area contributed by atoms with Gasteiger partial charge in [0.25, 0.3) is 5.91 Å². The monoisotopic (exact) mass is 262 g/mol. The first-order valence-electron chi connectivity index (χ1n) is 6.91. The van der Waals surface area contributed by atoms with Crippen LogP contribution in [0.4, 0.5) is 5.69 Å². The molecule has 2 rings (SSSR count). The average Bonchev–Trinajstić information content (AvgIpc) is 2.43. The first kappa shape index (κ1) is 13.9. The highest BCUT2D eigenvalue weighted by Crippen LogP contribution is 2.32. The van der Waals surface area contributed by atoms with Gasteiger partial charge < -0.3 is 15.0 Å². The zero-order chi connectivity index (χ0) is 13.8. The number of rotatable bonds is 5. The van der Waals surface area contributed by atoms with E-state index < -0.39 is 0 Å². The van der Waals surface area contributed by atoms with Gasteiger partial charge in [0, 0.05) is 13.1 Å². The molecule has 4 heteroatoms. The Morgan fingerprint density at radius 3 is 2.89 bits per heavy atom. The number of hydrogen-bond donors (Lipinski definition) is 1. The van der Waals surface area contributed by atoms with Crippen molar-refractivity contribution < 1.29 is 9.53 Å². The Morgan fingerprint density at radius 2 is 2.21 bits per heavy atom. The van der Waals surface area contributed by atoms with E-state index in [-0.39, 0.29) is 12.5 Å². The van der Waals surface area contributed by atoms with Crippen molar-refractivity contribution >= 4 is 11.6 Å². The van der Waals surface area contributed by atoms with Crippen LogP contribution in [0.1, 0.15) is 25.8 Å². The standard InChI is InChI=1S/C15H22N2O2/c1-4-12(16-5-2)8-11-6-7-14-13(9-11)17(3)15(18)10-19-14/h6-7,9,12,16H,4-5,8,10H2,1-3H3. The minimum absolute atomic E-state index is 0.00312. The lowest BCUT2D eigenvalue weighted by molar-refractivity contribution is -0.120. The Morgan fingerprint density at radius 1 is 1.42 bits per heavy atom. The van der Waals surface area contributed by atoms with Crippen LogP contribution in [0.15, 0.2) is 18.2 Å². The van der Waals surface area contributed by atoms with Crippen molar-refractivity contribution in [3.63, 3.8) is 0 Å². The molecule has 1 atom stereocenters. The summed E-state index contributed by atoms with van der Waals surface area (Å²) in [6.07, 6.45) is 2.07. The molecule has 104 valence electrons. The van der Waals surface area contributed by atoms with Gasteiger partial charge >= 0.3 is 0 Å². The second-order valence-corrected chi connectivity index (χ2v) is 4.91. The average molecular weight is 262 g/mol. The zero-order valence-electron chi connectivity index (χ0n) is 11.9. The quantitative estimate of drug-likeness (QED) is 0.882. The second kappa shape index (κ2) is 6.06. The normalized spacial score (nSPS) is 15.9. The van der Waals surface area contributed by atoms with Gasteiger partial charge in [-0.2, -0.15) is 0 Å². The van der Waals surface area contributed by atoms with Crippen LogP contribution in [0.25, 0.3) is 0 Å². The maximum atomic E-state index is 11.6. The van der Waals surface area contributed by atoms with Crippen LogP contribution in [-0.4, -0.2) is 32.1 Å². The van der Waals surface area contributed by atoms with Crippen molar-refractivity contribution in [3.8, 4) is 5.75 Å². The highest BCUT2D eigenvalue weighted by atomic mass is 16.5. The van der Waals surface area contributed by atoms with Crippen LogP contribution in [0.3, 0.4) is 0 Å². The van der Waals surface area contributed by atoms with Crippen LogP contribution < -0.4 is 15.0 Å². The number of nitrogens with zero attached hydrogens (tertiary/aromatic N) is 1. The fourth-order valence-corrected chi connectivity index (χ4v) is 2.38. The predicted molar refractivity (Wildman–Crippen MR) is 76.8 cm³/mol. The maximum Gasteiger partial charge on any atom is 0.264 e. The smallest absolute Gasteiger partial charge is 0.264 e. The van der Waals surface area contributed by atoms with Gasteiger partial charge in [-0.15, -0.1) is 0 Å². The third-order valence-electron chi connectivity index (χ3n) is 3.58. The molecule has 0 bridgehead atoms. The summed E-state index contributed by atoms with van der Waals surface area (Å²) in [6.45, 7) is 5.42. The van der Waals surface area contributed by atoms with Gasteiger partial charge in [0.05, 0.1) is 5.69 Å². The maximum absolute atomic E-state index is 11.6. The van der Waals surface area contributed by atoms with E-state index in [1.54, 1.807) is 11.9 Å². The highest BCUT2D eigenvalue weighted by molar-refractivity contribution is 5.97. The second-order valence-electron chi connectivity index (χ2n) is 4.91. The number of benzene rings is 1. The first-order valence-corrected chi connectivity index (χ1v) is 6.91. The molecule has 0 fully saturated rings. The Labute approximate surface area is 114 Å². The number of ether oxygens (including phenoxy) is 1. The highest BCUT2D eigenvalue weighted by Gasteiger charge is 2.22. The van der Waals surface area contributed by atoms with E-state index in [1.807, 2.05) is 6.07 Å². The summed E-state index contributed by atoms with van der Waals surface area (Å²) in [5.41, 5.74) is 2.11.